The number of aryl methyl sites for hydroxylation is 1. The number of anilines is 1. The number of aromatic nitrogens is 1. The van der Waals surface area contributed by atoms with Crippen LogP contribution in [0.4, 0.5) is 11.4 Å². The van der Waals surface area contributed by atoms with Gasteiger partial charge in [0.15, 0.2) is 0 Å². The first-order valence-corrected chi connectivity index (χ1v) is 13.7. The summed E-state index contributed by atoms with van der Waals surface area (Å²) in [6.07, 6.45) is 3.76. The van der Waals surface area contributed by atoms with Gasteiger partial charge in [0, 0.05) is 40.9 Å². The second-order valence-electron chi connectivity index (χ2n) is 9.86. The number of para-hydroxylation sites is 1. The number of rotatable bonds is 11. The molecule has 0 saturated heterocycles. The van der Waals surface area contributed by atoms with Gasteiger partial charge in [-0.25, -0.2) is 4.99 Å². The summed E-state index contributed by atoms with van der Waals surface area (Å²) in [5.41, 5.74) is 14.9. The summed E-state index contributed by atoms with van der Waals surface area (Å²) in [5.74, 6) is 0.178. The maximum absolute atomic E-state index is 10.0. The van der Waals surface area contributed by atoms with E-state index in [1.54, 1.807) is 6.92 Å². The number of hydrogen-bond acceptors (Lipinski definition) is 7. The van der Waals surface area contributed by atoms with Crippen LogP contribution >= 0.6 is 0 Å². The first-order chi connectivity index (χ1) is 19.4. The molecule has 3 aromatic rings. The molecular weight excluding hydrogens is 494 g/mol. The van der Waals surface area contributed by atoms with E-state index in [2.05, 4.69) is 89.2 Å². The molecule has 204 valence electrons. The highest BCUT2D eigenvalue weighted by Crippen LogP contribution is 2.42. The van der Waals surface area contributed by atoms with Gasteiger partial charge >= 0.3 is 0 Å². The fourth-order valence-corrected chi connectivity index (χ4v) is 5.05. The Balaban J connectivity index is 1.78. The van der Waals surface area contributed by atoms with Crippen LogP contribution in [-0.4, -0.2) is 34.4 Å². The van der Waals surface area contributed by atoms with Gasteiger partial charge in [0.25, 0.3) is 0 Å². The van der Waals surface area contributed by atoms with Gasteiger partial charge in [-0.3, -0.25) is 9.98 Å². The minimum atomic E-state index is -0.157. The van der Waals surface area contributed by atoms with Crippen LogP contribution in [-0.2, 0) is 6.42 Å². The topological polar surface area (TPSA) is 103 Å². The number of allylic oxidation sites excluding steroid dienone is 2. The maximum atomic E-state index is 10.0. The van der Waals surface area contributed by atoms with Crippen molar-refractivity contribution in [2.24, 2.45) is 15.7 Å². The molecule has 0 saturated carbocycles. The van der Waals surface area contributed by atoms with Crippen LogP contribution in [0.1, 0.15) is 51.4 Å². The number of pyridine rings is 1. The largest absolute Gasteiger partial charge is 0.384 e. The lowest BCUT2D eigenvalue weighted by Crippen LogP contribution is -2.34. The molecule has 0 amide bonds. The van der Waals surface area contributed by atoms with Crippen molar-refractivity contribution >= 4 is 22.8 Å². The molecule has 0 fully saturated rings. The molecule has 3 N–H and O–H groups in total. The smallest absolute Gasteiger partial charge is 0.116 e. The molecule has 1 aliphatic rings. The van der Waals surface area contributed by atoms with E-state index in [-0.39, 0.29) is 11.9 Å². The molecular formula is C33H37N7. The number of benzene rings is 2. The monoisotopic (exact) mass is 531 g/mol. The summed E-state index contributed by atoms with van der Waals surface area (Å²) >= 11 is 0. The Labute approximate surface area is 237 Å². The van der Waals surface area contributed by atoms with E-state index in [4.69, 9.17) is 10.7 Å². The first-order valence-electron chi connectivity index (χ1n) is 13.7. The molecule has 7 heteroatoms. The SMILES string of the molecule is C=C(N)N=C(C)/C(C#N)=C(\C)N(CCC)CC1=Nc2cccc(-c3ccc(CC)nc3)c2C1Nc1ccccc1. The molecule has 40 heavy (non-hydrogen) atoms. The predicted octanol–water partition coefficient (Wildman–Crippen LogP) is 6.95. The molecule has 1 atom stereocenters. The molecule has 2 heterocycles. The Bertz CT molecular complexity index is 1490. The van der Waals surface area contributed by atoms with Crippen molar-refractivity contribution in [3.05, 3.63) is 102 Å². The molecule has 0 bridgehead atoms. The van der Waals surface area contributed by atoms with Crippen molar-refractivity contribution in [1.29, 1.82) is 5.26 Å². The number of nitriles is 1. The number of aliphatic imine (C=N–C) groups is 2. The number of fused-ring (bicyclic) bond motifs is 1. The lowest BCUT2D eigenvalue weighted by Gasteiger charge is -2.29. The van der Waals surface area contributed by atoms with Gasteiger partial charge < -0.3 is 16.0 Å². The highest BCUT2D eigenvalue weighted by molar-refractivity contribution is 6.04. The summed E-state index contributed by atoms with van der Waals surface area (Å²) < 4.78 is 0. The number of nitrogens with zero attached hydrogens (tertiary/aromatic N) is 5. The Morgan fingerprint density at radius 2 is 1.88 bits per heavy atom. The Morgan fingerprint density at radius 3 is 2.50 bits per heavy atom. The van der Waals surface area contributed by atoms with Crippen molar-refractivity contribution in [3.63, 3.8) is 0 Å². The molecule has 0 spiro atoms. The summed E-state index contributed by atoms with van der Waals surface area (Å²) in [4.78, 5) is 16.3. The van der Waals surface area contributed by atoms with E-state index in [1.807, 2.05) is 31.3 Å². The average molecular weight is 532 g/mol. The standard InChI is InChI=1S/C33H37N7/c1-6-18-40(23(4)29(19-34)22(3)37-24(5)35)21-31-33(38-27-12-9-8-10-13-27)32-28(14-11-15-30(32)39-31)25-16-17-26(7-2)36-20-25/h8-17,20,33,38H,5-7,18,21,35H2,1-4H3/b29-23+,37-22?. The molecule has 1 unspecified atom stereocenters. The van der Waals surface area contributed by atoms with Crippen molar-refractivity contribution < 1.29 is 0 Å². The fourth-order valence-electron chi connectivity index (χ4n) is 5.05. The number of nitrogens with one attached hydrogen (secondary N) is 1. The molecule has 1 aliphatic heterocycles. The van der Waals surface area contributed by atoms with Gasteiger partial charge in [-0.15, -0.1) is 0 Å². The summed E-state index contributed by atoms with van der Waals surface area (Å²) in [6, 6.07) is 22.9. The normalized spacial score (nSPS) is 15.0. The third-order valence-corrected chi connectivity index (χ3v) is 7.02. The average Bonchev–Trinajstić information content (AvgIpc) is 3.30. The van der Waals surface area contributed by atoms with Crippen molar-refractivity contribution in [3.8, 4) is 17.2 Å². The van der Waals surface area contributed by atoms with E-state index in [0.29, 0.717) is 17.8 Å². The zero-order valence-corrected chi connectivity index (χ0v) is 23.8. The van der Waals surface area contributed by atoms with Gasteiger partial charge in [-0.2, -0.15) is 5.26 Å². The highest BCUT2D eigenvalue weighted by Gasteiger charge is 2.31. The molecule has 7 nitrogen and oxygen atoms in total. The minimum absolute atomic E-state index is 0.157. The van der Waals surface area contributed by atoms with Gasteiger partial charge in [-0.1, -0.05) is 56.8 Å². The van der Waals surface area contributed by atoms with Gasteiger partial charge in [0.05, 0.1) is 35.3 Å². The van der Waals surface area contributed by atoms with Crippen LogP contribution in [0, 0.1) is 11.3 Å². The van der Waals surface area contributed by atoms with Gasteiger partial charge in [0.2, 0.25) is 0 Å². The summed E-state index contributed by atoms with van der Waals surface area (Å²) in [7, 11) is 0. The zero-order chi connectivity index (χ0) is 28.6. The second-order valence-corrected chi connectivity index (χ2v) is 9.86. The quantitative estimate of drug-likeness (QED) is 0.206. The fraction of sp³-hybridized carbons (Fsp3) is 0.273. The molecule has 0 radical (unpaired) electrons. The van der Waals surface area contributed by atoms with E-state index >= 15 is 0 Å². The molecule has 4 rings (SSSR count). The maximum Gasteiger partial charge on any atom is 0.116 e. The molecule has 0 aliphatic carbocycles. The predicted molar refractivity (Wildman–Crippen MR) is 166 cm³/mol. The van der Waals surface area contributed by atoms with Crippen LogP contribution in [0.15, 0.2) is 101 Å². The first kappa shape index (κ1) is 28.3. The van der Waals surface area contributed by atoms with E-state index < -0.39 is 0 Å². The van der Waals surface area contributed by atoms with E-state index in [9.17, 15) is 5.26 Å². The number of nitrogens with two attached hydrogens (primary N) is 1. The van der Waals surface area contributed by atoms with Crippen LogP contribution in [0.3, 0.4) is 0 Å². The van der Waals surface area contributed by atoms with Crippen molar-refractivity contribution in [2.75, 3.05) is 18.4 Å². The van der Waals surface area contributed by atoms with Gasteiger partial charge in [0.1, 0.15) is 11.9 Å². The Morgan fingerprint density at radius 1 is 1.10 bits per heavy atom. The third-order valence-electron chi connectivity index (χ3n) is 7.02. The van der Waals surface area contributed by atoms with E-state index in [1.165, 1.54) is 0 Å². The van der Waals surface area contributed by atoms with Crippen molar-refractivity contribution in [1.82, 2.24) is 9.88 Å². The second kappa shape index (κ2) is 12.9. The van der Waals surface area contributed by atoms with Crippen molar-refractivity contribution in [2.45, 2.75) is 46.6 Å². The lowest BCUT2D eigenvalue weighted by atomic mass is 9.93. The van der Waals surface area contributed by atoms with Crippen LogP contribution in [0.25, 0.3) is 11.1 Å². The third kappa shape index (κ3) is 6.29. The summed E-state index contributed by atoms with van der Waals surface area (Å²) in [6.45, 7) is 13.0. The Hall–Kier alpha value is -4.70. The van der Waals surface area contributed by atoms with E-state index in [0.717, 1.165) is 64.6 Å². The molecule has 2 aromatic carbocycles. The summed E-state index contributed by atoms with van der Waals surface area (Å²) in [5, 5.41) is 13.8. The molecule has 1 aromatic heterocycles. The van der Waals surface area contributed by atoms with Gasteiger partial charge in [-0.05, 0) is 56.5 Å². The Kier molecular flexibility index (Phi) is 9.13. The van der Waals surface area contributed by atoms with Crippen LogP contribution < -0.4 is 11.1 Å². The lowest BCUT2D eigenvalue weighted by molar-refractivity contribution is 0.387. The number of hydrogen-bond donors (Lipinski definition) is 2. The van der Waals surface area contributed by atoms with Crippen LogP contribution in [0.2, 0.25) is 0 Å². The van der Waals surface area contributed by atoms with Crippen LogP contribution in [0.5, 0.6) is 0 Å². The minimum Gasteiger partial charge on any atom is -0.384 e. The zero-order valence-electron chi connectivity index (χ0n) is 23.8. The highest BCUT2D eigenvalue weighted by atomic mass is 15.2.